The van der Waals surface area contributed by atoms with Crippen LogP contribution in [0.15, 0.2) is 48.5 Å². The summed E-state index contributed by atoms with van der Waals surface area (Å²) in [6.07, 6.45) is 1.44. The Hall–Kier alpha value is -2.64. The molecular formula is C22H27ClFN3O3. The zero-order valence-corrected chi connectivity index (χ0v) is 17.7. The summed E-state index contributed by atoms with van der Waals surface area (Å²) < 4.78 is 19.0. The average Bonchev–Trinajstić information content (AvgIpc) is 2.74. The highest BCUT2D eigenvalue weighted by Gasteiger charge is 2.23. The molecule has 2 N–H and O–H groups in total. The van der Waals surface area contributed by atoms with Gasteiger partial charge in [-0.05, 0) is 31.0 Å². The number of ether oxygens (including phenoxy) is 1. The van der Waals surface area contributed by atoms with E-state index < -0.39 is 11.7 Å². The molecule has 0 aliphatic carbocycles. The van der Waals surface area contributed by atoms with Gasteiger partial charge in [0.15, 0.2) is 0 Å². The molecule has 1 aliphatic rings. The zero-order chi connectivity index (χ0) is 20.6. The Morgan fingerprint density at radius 1 is 1.10 bits per heavy atom. The van der Waals surface area contributed by atoms with Crippen molar-refractivity contribution in [3.05, 3.63) is 65.5 Å². The molecule has 162 valence electrons. The monoisotopic (exact) mass is 435 g/mol. The number of hydrogen-bond donors (Lipinski definition) is 2. The molecule has 1 saturated heterocycles. The van der Waals surface area contributed by atoms with Gasteiger partial charge in [-0.15, -0.1) is 12.4 Å². The minimum atomic E-state index is -0.519. The number of methoxy groups -OCH3 is 1. The van der Waals surface area contributed by atoms with Gasteiger partial charge in [0.2, 0.25) is 5.91 Å². The largest absolute Gasteiger partial charge is 0.496 e. The predicted octanol–water partition coefficient (Wildman–Crippen LogP) is 2.77. The Balaban J connectivity index is 0.00000320. The van der Waals surface area contributed by atoms with Crippen LogP contribution in [-0.4, -0.2) is 49.5 Å². The third kappa shape index (κ3) is 6.43. The summed E-state index contributed by atoms with van der Waals surface area (Å²) in [7, 11) is 1.61. The van der Waals surface area contributed by atoms with Crippen LogP contribution in [0.5, 0.6) is 5.75 Å². The molecule has 6 nitrogen and oxygen atoms in total. The van der Waals surface area contributed by atoms with Crippen LogP contribution in [0.3, 0.4) is 0 Å². The lowest BCUT2D eigenvalue weighted by Gasteiger charge is -2.31. The van der Waals surface area contributed by atoms with Crippen molar-refractivity contribution in [3.63, 3.8) is 0 Å². The van der Waals surface area contributed by atoms with Crippen molar-refractivity contribution in [3.8, 4) is 5.75 Å². The number of carbonyl (C=O) groups excluding carboxylic acids is 2. The third-order valence-corrected chi connectivity index (χ3v) is 5.08. The standard InChI is InChI=1S/C22H26FN3O3.ClH/c1-29-20-9-5-2-6-16(20)14-24-21(27)15-26-12-10-17(11-13-26)25-22(28)18-7-3-4-8-19(18)23;/h2-9,17H,10-15H2,1H3,(H,24,27)(H,25,28);1H. The minimum Gasteiger partial charge on any atom is -0.496 e. The second kappa shape index (κ2) is 11.5. The molecule has 3 rings (SSSR count). The van der Waals surface area contributed by atoms with E-state index in [4.69, 9.17) is 4.74 Å². The summed E-state index contributed by atoms with van der Waals surface area (Å²) >= 11 is 0. The molecule has 0 atom stereocenters. The molecule has 0 radical (unpaired) electrons. The van der Waals surface area contributed by atoms with Crippen molar-refractivity contribution < 1.29 is 18.7 Å². The van der Waals surface area contributed by atoms with E-state index in [0.717, 1.165) is 24.2 Å². The van der Waals surface area contributed by atoms with Crippen LogP contribution in [0, 0.1) is 5.82 Å². The summed E-state index contributed by atoms with van der Waals surface area (Å²) in [6.45, 7) is 2.12. The lowest BCUT2D eigenvalue weighted by Crippen LogP contribution is -2.47. The molecular weight excluding hydrogens is 409 g/mol. The van der Waals surface area contributed by atoms with Gasteiger partial charge < -0.3 is 15.4 Å². The van der Waals surface area contributed by atoms with E-state index in [0.29, 0.717) is 26.2 Å². The van der Waals surface area contributed by atoms with Crippen molar-refractivity contribution in [1.29, 1.82) is 0 Å². The number of para-hydroxylation sites is 1. The van der Waals surface area contributed by atoms with Crippen LogP contribution in [0.4, 0.5) is 4.39 Å². The Labute approximate surface area is 182 Å². The number of benzene rings is 2. The van der Waals surface area contributed by atoms with Gasteiger partial charge in [-0.3, -0.25) is 14.5 Å². The van der Waals surface area contributed by atoms with Gasteiger partial charge in [0.25, 0.3) is 5.91 Å². The van der Waals surface area contributed by atoms with Gasteiger partial charge in [-0.1, -0.05) is 30.3 Å². The Morgan fingerprint density at radius 3 is 2.47 bits per heavy atom. The van der Waals surface area contributed by atoms with Crippen molar-refractivity contribution in [1.82, 2.24) is 15.5 Å². The van der Waals surface area contributed by atoms with E-state index in [1.54, 1.807) is 19.2 Å². The fraction of sp³-hybridized carbons (Fsp3) is 0.364. The van der Waals surface area contributed by atoms with Crippen molar-refractivity contribution >= 4 is 24.2 Å². The summed E-state index contributed by atoms with van der Waals surface area (Å²) in [5, 5.41) is 5.81. The molecule has 2 aromatic carbocycles. The van der Waals surface area contributed by atoms with Crippen LogP contribution in [0.25, 0.3) is 0 Å². The maximum absolute atomic E-state index is 13.7. The average molecular weight is 436 g/mol. The van der Waals surface area contributed by atoms with E-state index in [1.165, 1.54) is 12.1 Å². The number of likely N-dealkylation sites (tertiary alicyclic amines) is 1. The van der Waals surface area contributed by atoms with E-state index in [9.17, 15) is 14.0 Å². The smallest absolute Gasteiger partial charge is 0.254 e. The third-order valence-electron chi connectivity index (χ3n) is 5.08. The van der Waals surface area contributed by atoms with E-state index in [-0.39, 0.29) is 29.9 Å². The minimum absolute atomic E-state index is 0. The first-order chi connectivity index (χ1) is 14.1. The highest BCUT2D eigenvalue weighted by molar-refractivity contribution is 5.94. The molecule has 0 unspecified atom stereocenters. The second-order valence-corrected chi connectivity index (χ2v) is 7.09. The molecule has 30 heavy (non-hydrogen) atoms. The van der Waals surface area contributed by atoms with Crippen LogP contribution in [-0.2, 0) is 11.3 Å². The first kappa shape index (κ1) is 23.6. The number of carbonyl (C=O) groups is 2. The van der Waals surface area contributed by atoms with Crippen molar-refractivity contribution in [2.24, 2.45) is 0 Å². The number of amides is 2. The van der Waals surface area contributed by atoms with Crippen molar-refractivity contribution in [2.45, 2.75) is 25.4 Å². The summed E-state index contributed by atoms with van der Waals surface area (Å²) in [6, 6.07) is 13.5. The number of nitrogens with one attached hydrogen (secondary N) is 2. The molecule has 0 spiro atoms. The summed E-state index contributed by atoms with van der Waals surface area (Å²) in [5.74, 6) is -0.214. The van der Waals surface area contributed by atoms with Crippen LogP contribution in [0.1, 0.15) is 28.8 Å². The van der Waals surface area contributed by atoms with Crippen LogP contribution < -0.4 is 15.4 Å². The molecule has 1 heterocycles. The van der Waals surface area contributed by atoms with Gasteiger partial charge in [-0.25, -0.2) is 4.39 Å². The highest BCUT2D eigenvalue weighted by Crippen LogP contribution is 2.17. The molecule has 0 saturated carbocycles. The molecule has 8 heteroatoms. The molecule has 0 aromatic heterocycles. The Morgan fingerprint density at radius 2 is 1.77 bits per heavy atom. The van der Waals surface area contributed by atoms with Gasteiger partial charge in [0, 0.05) is 31.2 Å². The van der Waals surface area contributed by atoms with Gasteiger partial charge in [0.1, 0.15) is 11.6 Å². The summed E-state index contributed by atoms with van der Waals surface area (Å²) in [4.78, 5) is 26.5. The zero-order valence-electron chi connectivity index (χ0n) is 16.9. The second-order valence-electron chi connectivity index (χ2n) is 7.09. The molecule has 1 fully saturated rings. The predicted molar refractivity (Wildman–Crippen MR) is 115 cm³/mol. The number of rotatable bonds is 7. The normalized spacial score (nSPS) is 14.5. The molecule has 2 amide bonds. The lowest BCUT2D eigenvalue weighted by atomic mass is 10.0. The highest BCUT2D eigenvalue weighted by atomic mass is 35.5. The fourth-order valence-corrected chi connectivity index (χ4v) is 3.45. The van der Waals surface area contributed by atoms with Gasteiger partial charge in [0.05, 0.1) is 19.2 Å². The number of hydrogen-bond acceptors (Lipinski definition) is 4. The number of nitrogens with zero attached hydrogens (tertiary/aromatic N) is 1. The first-order valence-electron chi connectivity index (χ1n) is 9.73. The van der Waals surface area contributed by atoms with Gasteiger partial charge in [-0.2, -0.15) is 0 Å². The maximum Gasteiger partial charge on any atom is 0.254 e. The first-order valence-corrected chi connectivity index (χ1v) is 9.73. The molecule has 1 aliphatic heterocycles. The van der Waals surface area contributed by atoms with Gasteiger partial charge >= 0.3 is 0 Å². The fourth-order valence-electron chi connectivity index (χ4n) is 3.45. The maximum atomic E-state index is 13.7. The van der Waals surface area contributed by atoms with E-state index >= 15 is 0 Å². The lowest BCUT2D eigenvalue weighted by molar-refractivity contribution is -0.122. The quantitative estimate of drug-likeness (QED) is 0.701. The summed E-state index contributed by atoms with van der Waals surface area (Å²) in [5.41, 5.74) is 0.989. The van der Waals surface area contributed by atoms with E-state index in [2.05, 4.69) is 15.5 Å². The Bertz CT molecular complexity index is 857. The van der Waals surface area contributed by atoms with E-state index in [1.807, 2.05) is 24.3 Å². The SMILES string of the molecule is COc1ccccc1CNC(=O)CN1CCC(NC(=O)c2ccccc2F)CC1.Cl. The number of halogens is 2. The number of piperidine rings is 1. The molecule has 0 bridgehead atoms. The van der Waals surface area contributed by atoms with Crippen LogP contribution in [0.2, 0.25) is 0 Å². The topological polar surface area (TPSA) is 70.7 Å². The Kier molecular flexibility index (Phi) is 9.08. The van der Waals surface area contributed by atoms with Crippen molar-refractivity contribution in [2.75, 3.05) is 26.7 Å². The van der Waals surface area contributed by atoms with Crippen LogP contribution >= 0.6 is 12.4 Å². The molecule has 2 aromatic rings.